The molecule has 0 fully saturated rings. The Bertz CT molecular complexity index is 89.6. The van der Waals surface area contributed by atoms with Crippen LogP contribution in [0.25, 0.3) is 0 Å². The van der Waals surface area contributed by atoms with Crippen molar-refractivity contribution in [2.24, 2.45) is 4.99 Å². The van der Waals surface area contributed by atoms with Gasteiger partial charge in [-0.1, -0.05) is 0 Å². The van der Waals surface area contributed by atoms with Crippen LogP contribution in [0.1, 0.15) is 0 Å². The van der Waals surface area contributed by atoms with Crippen LogP contribution in [0.5, 0.6) is 0 Å². The number of nitriles is 1. The molecule has 0 rings (SSSR count). The van der Waals surface area contributed by atoms with Crippen LogP contribution in [0.15, 0.2) is 4.99 Å². The van der Waals surface area contributed by atoms with Crippen molar-refractivity contribution in [1.29, 1.82) is 5.26 Å². The first-order chi connectivity index (χ1) is 3.41. The Hall–Kier alpha value is -1.04. The Balaban J connectivity index is 2.87. The maximum atomic E-state index is 7.87. The van der Waals surface area contributed by atoms with Crippen LogP contribution in [-0.2, 0) is 0 Å². The summed E-state index contributed by atoms with van der Waals surface area (Å²) in [7, 11) is 1.67. The first-order valence-corrected chi connectivity index (χ1v) is 1.94. The minimum atomic E-state index is 0.535. The summed E-state index contributed by atoms with van der Waals surface area (Å²) in [6.45, 7) is 0.535. The fourth-order valence-electron chi connectivity index (χ4n) is 0.183. The van der Waals surface area contributed by atoms with E-state index in [0.717, 1.165) is 0 Å². The van der Waals surface area contributed by atoms with Gasteiger partial charge in [-0.2, -0.15) is 5.26 Å². The summed E-state index contributed by atoms with van der Waals surface area (Å²) in [5.74, 6) is 0. The van der Waals surface area contributed by atoms with E-state index in [1.165, 1.54) is 0 Å². The molecule has 0 aliphatic carbocycles. The molecule has 3 nitrogen and oxygen atoms in total. The lowest BCUT2D eigenvalue weighted by Gasteiger charge is -1.80. The van der Waals surface area contributed by atoms with Crippen LogP contribution in [0, 0.1) is 11.5 Å². The smallest absolute Gasteiger partial charge is 0.176 e. The van der Waals surface area contributed by atoms with E-state index in [1.54, 1.807) is 19.5 Å². The zero-order valence-corrected chi connectivity index (χ0v) is 4.18. The monoisotopic (exact) mass is 97.1 g/mol. The van der Waals surface area contributed by atoms with Crippen LogP contribution >= 0.6 is 0 Å². The summed E-state index contributed by atoms with van der Waals surface area (Å²) in [4.78, 5) is 3.63. The van der Waals surface area contributed by atoms with Crippen LogP contribution in [0.3, 0.4) is 0 Å². The Morgan fingerprint density at radius 1 is 2.00 bits per heavy atom. The van der Waals surface area contributed by atoms with Gasteiger partial charge in [0.05, 0.1) is 6.54 Å². The molecule has 38 valence electrons. The molecule has 0 amide bonds. The normalized spacial score (nSPS) is 8.57. The summed E-state index contributed by atoms with van der Waals surface area (Å²) in [6.07, 6.45) is 3.39. The topological polar surface area (TPSA) is 48.2 Å². The third-order valence-electron chi connectivity index (χ3n) is 0.455. The first-order valence-electron chi connectivity index (χ1n) is 1.94. The van der Waals surface area contributed by atoms with E-state index in [0.29, 0.717) is 6.54 Å². The summed E-state index contributed by atoms with van der Waals surface area (Å²) >= 11 is 0. The van der Waals surface area contributed by atoms with E-state index in [9.17, 15) is 0 Å². The van der Waals surface area contributed by atoms with Crippen LogP contribution < -0.4 is 5.32 Å². The molecule has 0 atom stereocenters. The molecule has 7 heavy (non-hydrogen) atoms. The van der Waals surface area contributed by atoms with Gasteiger partial charge < -0.3 is 5.32 Å². The number of nitrogens with zero attached hydrogens (tertiary/aromatic N) is 2. The minimum Gasteiger partial charge on any atom is -0.318 e. The quantitative estimate of drug-likeness (QED) is 0.224. The van der Waals surface area contributed by atoms with Gasteiger partial charge in [0, 0.05) is 13.3 Å². The number of rotatable bonds is 2. The van der Waals surface area contributed by atoms with Gasteiger partial charge in [-0.3, -0.25) is 4.99 Å². The maximum absolute atomic E-state index is 7.87. The molecule has 0 aliphatic heterocycles. The fourth-order valence-corrected chi connectivity index (χ4v) is 0.183. The molecule has 0 unspecified atom stereocenters. The molecule has 0 saturated carbocycles. The van der Waals surface area contributed by atoms with Crippen molar-refractivity contribution in [3.05, 3.63) is 0 Å². The molecular weight excluding hydrogens is 90.1 g/mol. The molecule has 0 aromatic heterocycles. The van der Waals surface area contributed by atoms with E-state index in [2.05, 4.69) is 10.3 Å². The van der Waals surface area contributed by atoms with E-state index in [1.807, 2.05) is 0 Å². The molecule has 0 aromatic carbocycles. The highest BCUT2D eigenvalue weighted by Crippen LogP contribution is 1.48. The molecule has 3 heteroatoms. The number of hydrogen-bond donors (Lipinski definition) is 1. The number of nitrogens with one attached hydrogen (secondary N) is 1. The van der Waals surface area contributed by atoms with Crippen molar-refractivity contribution in [3.8, 4) is 6.19 Å². The van der Waals surface area contributed by atoms with Crippen molar-refractivity contribution in [3.63, 3.8) is 0 Å². The number of aliphatic imine (C=N–C) groups is 1. The second-order valence-corrected chi connectivity index (χ2v) is 0.933. The van der Waals surface area contributed by atoms with E-state index in [4.69, 9.17) is 5.26 Å². The van der Waals surface area contributed by atoms with Gasteiger partial charge in [0.25, 0.3) is 0 Å². The van der Waals surface area contributed by atoms with Crippen LogP contribution in [0.2, 0.25) is 0 Å². The lowest BCUT2D eigenvalue weighted by Crippen LogP contribution is -2.07. The predicted octanol–water partition coefficient (Wildman–Crippen LogP) is -0.242. The molecular formula is C4H7N3. The first kappa shape index (κ1) is 5.96. The van der Waals surface area contributed by atoms with Gasteiger partial charge in [-0.25, -0.2) is 0 Å². The standard InChI is InChI=1S/C4H7N3/c1-6-2-3-7-4-5/h2,7H,3H2,1H3. The zero-order valence-electron chi connectivity index (χ0n) is 4.18. The lowest BCUT2D eigenvalue weighted by atomic mass is 10.7. The highest BCUT2D eigenvalue weighted by molar-refractivity contribution is 5.59. The maximum Gasteiger partial charge on any atom is 0.176 e. The van der Waals surface area contributed by atoms with Gasteiger partial charge in [0.15, 0.2) is 6.19 Å². The van der Waals surface area contributed by atoms with Gasteiger partial charge in [0.1, 0.15) is 0 Å². The van der Waals surface area contributed by atoms with Gasteiger partial charge in [0.2, 0.25) is 0 Å². The average Bonchev–Trinajstić information content (AvgIpc) is 1.69. The van der Waals surface area contributed by atoms with E-state index in [-0.39, 0.29) is 0 Å². The molecule has 1 N–H and O–H groups in total. The van der Waals surface area contributed by atoms with Crippen molar-refractivity contribution in [2.45, 2.75) is 0 Å². The Labute approximate surface area is 42.7 Å². The van der Waals surface area contributed by atoms with Crippen molar-refractivity contribution < 1.29 is 0 Å². The van der Waals surface area contributed by atoms with E-state index < -0.39 is 0 Å². The second kappa shape index (κ2) is 4.96. The summed E-state index contributed by atoms with van der Waals surface area (Å²) in [5.41, 5.74) is 0. The minimum absolute atomic E-state index is 0.535. The van der Waals surface area contributed by atoms with Gasteiger partial charge in [-0.05, 0) is 0 Å². The van der Waals surface area contributed by atoms with Gasteiger partial charge >= 0.3 is 0 Å². The third kappa shape index (κ3) is 4.96. The summed E-state index contributed by atoms with van der Waals surface area (Å²) in [5, 5.41) is 10.3. The molecule has 0 bridgehead atoms. The Morgan fingerprint density at radius 3 is 3.14 bits per heavy atom. The number of hydrogen-bond acceptors (Lipinski definition) is 3. The lowest BCUT2D eigenvalue weighted by molar-refractivity contribution is 1.04. The molecule has 0 saturated heterocycles. The second-order valence-electron chi connectivity index (χ2n) is 0.933. The Morgan fingerprint density at radius 2 is 2.71 bits per heavy atom. The molecule has 0 aliphatic rings. The fraction of sp³-hybridized carbons (Fsp3) is 0.500. The molecule has 0 radical (unpaired) electrons. The predicted molar refractivity (Wildman–Crippen MR) is 28.0 cm³/mol. The largest absolute Gasteiger partial charge is 0.318 e. The molecule has 0 heterocycles. The Kier molecular flexibility index (Phi) is 4.22. The van der Waals surface area contributed by atoms with Crippen molar-refractivity contribution in [2.75, 3.05) is 13.6 Å². The zero-order chi connectivity index (χ0) is 5.54. The highest BCUT2D eigenvalue weighted by atomic mass is 14.9. The van der Waals surface area contributed by atoms with Crippen LogP contribution in [-0.4, -0.2) is 19.8 Å². The van der Waals surface area contributed by atoms with Gasteiger partial charge in [-0.15, -0.1) is 0 Å². The van der Waals surface area contributed by atoms with Crippen molar-refractivity contribution in [1.82, 2.24) is 5.32 Å². The van der Waals surface area contributed by atoms with Crippen LogP contribution in [0.4, 0.5) is 0 Å². The summed E-state index contributed by atoms with van der Waals surface area (Å²) in [6, 6.07) is 0. The molecule has 0 spiro atoms. The van der Waals surface area contributed by atoms with Crippen molar-refractivity contribution >= 4 is 6.21 Å². The highest BCUT2D eigenvalue weighted by Gasteiger charge is 1.67. The van der Waals surface area contributed by atoms with E-state index >= 15 is 0 Å². The SMILES string of the molecule is CN=CCNC#N. The average molecular weight is 97.1 g/mol. The molecule has 0 aromatic rings. The third-order valence-corrected chi connectivity index (χ3v) is 0.455. The summed E-state index contributed by atoms with van der Waals surface area (Å²) < 4.78 is 0.